The first-order chi connectivity index (χ1) is 35.3. The van der Waals surface area contributed by atoms with Crippen molar-refractivity contribution in [2.45, 2.75) is 142 Å². The van der Waals surface area contributed by atoms with Crippen LogP contribution in [-0.4, -0.2) is 6.71 Å². The van der Waals surface area contributed by atoms with E-state index in [2.05, 4.69) is 243 Å². The Morgan fingerprint density at radius 1 is 0.500 bits per heavy atom. The summed E-state index contributed by atoms with van der Waals surface area (Å²) in [7, 11) is 0. The summed E-state index contributed by atoms with van der Waals surface area (Å²) >= 11 is 0. The maximum absolute atomic E-state index is 7.82. The molecule has 4 heterocycles. The fraction of sp³-hybridized carbons (Fsp3) is 0.324. The third kappa shape index (κ3) is 6.95. The minimum Gasteiger partial charge on any atom is -0.472 e. The summed E-state index contributed by atoms with van der Waals surface area (Å²) in [5.41, 5.74) is 22.1. The van der Waals surface area contributed by atoms with Crippen LogP contribution < -0.4 is 31.3 Å². The minimum atomic E-state index is -0.172. The van der Waals surface area contributed by atoms with Crippen molar-refractivity contribution >= 4 is 96.4 Å². The van der Waals surface area contributed by atoms with Gasteiger partial charge in [0.05, 0.1) is 22.7 Å². The van der Waals surface area contributed by atoms with Gasteiger partial charge in [-0.05, 0) is 154 Å². The number of benzene rings is 7. The van der Waals surface area contributed by atoms with Gasteiger partial charge in [-0.3, -0.25) is 0 Å². The van der Waals surface area contributed by atoms with E-state index in [9.17, 15) is 0 Å². The fourth-order valence-electron chi connectivity index (χ4n) is 13.5. The number of rotatable bonds is 7. The summed E-state index contributed by atoms with van der Waals surface area (Å²) in [6.45, 7) is 28.6. The summed E-state index contributed by atoms with van der Waals surface area (Å²) in [5.74, 6) is 1.88. The molecule has 0 radical (unpaired) electrons. The van der Waals surface area contributed by atoms with Crippen molar-refractivity contribution in [3.8, 4) is 0 Å². The largest absolute Gasteiger partial charge is 0.472 e. The molecule has 0 amide bonds. The first-order valence-electron chi connectivity index (χ1n) is 27.4. The molecule has 0 saturated heterocycles. The number of nitrogens with zero attached hydrogens (tertiary/aromatic N) is 3. The van der Waals surface area contributed by atoms with Crippen LogP contribution in [0.1, 0.15) is 154 Å². The van der Waals surface area contributed by atoms with Crippen LogP contribution in [0.3, 0.4) is 0 Å². The summed E-state index contributed by atoms with van der Waals surface area (Å²) in [5, 5.41) is 2.21. The lowest BCUT2D eigenvalue weighted by atomic mass is 9.35. The van der Waals surface area contributed by atoms with Crippen molar-refractivity contribution in [3.63, 3.8) is 0 Å². The van der Waals surface area contributed by atoms with E-state index in [1.807, 2.05) is 0 Å². The Kier molecular flexibility index (Phi) is 10.3. The molecule has 0 spiro atoms. The second-order valence-corrected chi connectivity index (χ2v) is 25.4. The van der Waals surface area contributed by atoms with Crippen LogP contribution in [-0.2, 0) is 21.7 Å². The lowest BCUT2D eigenvalue weighted by Crippen LogP contribution is -2.61. The second kappa shape index (κ2) is 16.3. The van der Waals surface area contributed by atoms with E-state index in [1.54, 1.807) is 0 Å². The molecular weight excluding hydrogens is 902 g/mol. The van der Waals surface area contributed by atoms with Crippen LogP contribution in [0.4, 0.5) is 51.2 Å². The monoisotopic (exact) mass is 972 g/mol. The molecule has 0 saturated carbocycles. The van der Waals surface area contributed by atoms with Gasteiger partial charge in [0, 0.05) is 55.9 Å². The summed E-state index contributed by atoms with van der Waals surface area (Å²) in [4.78, 5) is 7.67. The van der Waals surface area contributed by atoms with Crippen molar-refractivity contribution < 1.29 is 8.83 Å². The van der Waals surface area contributed by atoms with Gasteiger partial charge in [-0.15, -0.1) is 0 Å². The number of hydrogen-bond donors (Lipinski definition) is 0. The van der Waals surface area contributed by atoms with Crippen molar-refractivity contribution in [1.29, 1.82) is 0 Å². The van der Waals surface area contributed by atoms with Crippen molar-refractivity contribution in [1.82, 2.24) is 0 Å². The highest BCUT2D eigenvalue weighted by atomic mass is 16.3. The molecule has 7 aromatic carbocycles. The Morgan fingerprint density at radius 2 is 1.12 bits per heavy atom. The number of anilines is 9. The van der Waals surface area contributed by atoms with Crippen LogP contribution in [0, 0.1) is 0 Å². The van der Waals surface area contributed by atoms with Crippen molar-refractivity contribution in [2.75, 3.05) is 14.7 Å². The van der Waals surface area contributed by atoms with Crippen molar-refractivity contribution in [3.05, 3.63) is 179 Å². The third-order valence-corrected chi connectivity index (χ3v) is 18.0. The lowest BCUT2D eigenvalue weighted by Gasteiger charge is -2.46. The maximum Gasteiger partial charge on any atom is 0.297 e. The zero-order chi connectivity index (χ0) is 51.4. The normalized spacial score (nSPS) is 17.6. The molecule has 5 nitrogen and oxygen atoms in total. The van der Waals surface area contributed by atoms with E-state index in [-0.39, 0.29) is 28.4 Å². The Morgan fingerprint density at radius 3 is 1.85 bits per heavy atom. The molecule has 6 heteroatoms. The Labute approximate surface area is 439 Å². The zero-order valence-electron chi connectivity index (χ0n) is 45.6. The Hall–Kier alpha value is -6.92. The first kappa shape index (κ1) is 46.8. The van der Waals surface area contributed by atoms with E-state index in [0.717, 1.165) is 87.5 Å². The first-order valence-corrected chi connectivity index (χ1v) is 27.4. The number of furan rings is 2. The van der Waals surface area contributed by atoms with Gasteiger partial charge in [0.25, 0.3) is 6.71 Å². The van der Waals surface area contributed by atoms with Crippen molar-refractivity contribution in [2.24, 2.45) is 0 Å². The second-order valence-electron chi connectivity index (χ2n) is 25.4. The average Bonchev–Trinajstić information content (AvgIpc) is 4.02. The molecule has 0 bridgehead atoms. The van der Waals surface area contributed by atoms with E-state index in [4.69, 9.17) is 8.83 Å². The van der Waals surface area contributed by atoms with Gasteiger partial charge in [0.15, 0.2) is 5.58 Å². The molecule has 0 N–H and O–H groups in total. The van der Waals surface area contributed by atoms with Crippen LogP contribution in [0.2, 0.25) is 0 Å². The van der Waals surface area contributed by atoms with Crippen LogP contribution >= 0.6 is 0 Å². The molecule has 4 aliphatic rings. The highest BCUT2D eigenvalue weighted by molar-refractivity contribution is 6.99. The molecular formula is C68H70BN3O2. The minimum absolute atomic E-state index is 0.000878. The number of fused-ring (bicyclic) bond motifs is 10. The quantitative estimate of drug-likeness (QED) is 0.149. The summed E-state index contributed by atoms with van der Waals surface area (Å²) in [6, 6.07) is 55.0. The molecule has 0 fully saturated rings. The Balaban J connectivity index is 1.20. The van der Waals surface area contributed by atoms with Gasteiger partial charge >= 0.3 is 0 Å². The predicted molar refractivity (Wildman–Crippen MR) is 313 cm³/mol. The number of para-hydroxylation sites is 3. The van der Waals surface area contributed by atoms with E-state index >= 15 is 0 Å². The fourth-order valence-corrected chi connectivity index (χ4v) is 13.5. The van der Waals surface area contributed by atoms with E-state index in [1.165, 1.54) is 61.5 Å². The molecule has 2 aliphatic carbocycles. The molecule has 0 atom stereocenters. The van der Waals surface area contributed by atoms with Crippen LogP contribution in [0.25, 0.3) is 21.9 Å². The molecule has 13 rings (SSSR count). The summed E-state index contributed by atoms with van der Waals surface area (Å²) < 4.78 is 14.8. The molecule has 74 heavy (non-hydrogen) atoms. The van der Waals surface area contributed by atoms with Gasteiger partial charge in [0.2, 0.25) is 0 Å². The molecule has 2 aromatic heterocycles. The summed E-state index contributed by atoms with van der Waals surface area (Å²) in [6.07, 6.45) is 4.42. The molecule has 372 valence electrons. The molecule has 2 aliphatic heterocycles. The van der Waals surface area contributed by atoms with Gasteiger partial charge in [-0.1, -0.05) is 162 Å². The topological polar surface area (TPSA) is 36.0 Å². The maximum atomic E-state index is 7.82. The van der Waals surface area contributed by atoms with Crippen LogP contribution in [0.15, 0.2) is 154 Å². The standard InChI is InChI=1S/C68H70BN3O2/c1-41(2)43-25-28-46(29-26-43)71-54-32-27-44(42(3)4)37-53(54)69-60-56(71)39-48(70(45-19-14-13-15-20-45)55-23-18-22-50-49-21-16-17-24-58(49)73-62(50)55)40-57(60)72(47-30-31-51-52(38-47)66(7,8)34-33-65(51,5)6)61-59-63(74-64(61)69)68(11,12)36-35-67(59,9)10/h13-32,37-42H,33-36H2,1-12H3. The van der Waals surface area contributed by atoms with Gasteiger partial charge in [-0.25, -0.2) is 0 Å². The van der Waals surface area contributed by atoms with E-state index in [0.29, 0.717) is 11.8 Å². The average molecular weight is 972 g/mol. The predicted octanol–water partition coefficient (Wildman–Crippen LogP) is 17.7. The van der Waals surface area contributed by atoms with Gasteiger partial charge < -0.3 is 23.5 Å². The third-order valence-electron chi connectivity index (χ3n) is 18.0. The van der Waals surface area contributed by atoms with E-state index < -0.39 is 0 Å². The molecule has 0 unspecified atom stereocenters. The highest BCUT2D eigenvalue weighted by Gasteiger charge is 2.53. The van der Waals surface area contributed by atoms with Gasteiger partial charge in [-0.2, -0.15) is 0 Å². The van der Waals surface area contributed by atoms with Crippen LogP contribution in [0.5, 0.6) is 0 Å². The zero-order valence-corrected chi connectivity index (χ0v) is 45.6. The molecule has 9 aromatic rings. The highest BCUT2D eigenvalue weighted by Crippen LogP contribution is 2.57. The lowest BCUT2D eigenvalue weighted by molar-refractivity contribution is 0.282. The number of hydrogen-bond acceptors (Lipinski definition) is 5. The Bertz CT molecular complexity index is 3720. The SMILES string of the molecule is CC(C)c1ccc(N2c3ccc(C(C)C)cc3B3c4oc5c(c4N(c4ccc6c(c4)C(C)(C)CCC6(C)C)c4cc(N(c6ccccc6)c6cccc7c6oc6ccccc67)cc2c43)C(C)(C)CCC5(C)C)cc1. The van der Waals surface area contributed by atoms with Gasteiger partial charge in [0.1, 0.15) is 11.3 Å². The smallest absolute Gasteiger partial charge is 0.297 e.